The van der Waals surface area contributed by atoms with E-state index in [4.69, 9.17) is 4.74 Å². The molecule has 0 atom stereocenters. The highest BCUT2D eigenvalue weighted by molar-refractivity contribution is 5.59. The van der Waals surface area contributed by atoms with E-state index >= 15 is 0 Å². The van der Waals surface area contributed by atoms with Crippen molar-refractivity contribution in [3.8, 4) is 5.75 Å². The Balaban J connectivity index is 2.97. The fourth-order valence-electron chi connectivity index (χ4n) is 1.71. The summed E-state index contributed by atoms with van der Waals surface area (Å²) in [7, 11) is 0. The molecular formula is C16H27NO. The average Bonchev–Trinajstić information content (AvgIpc) is 2.26. The van der Waals surface area contributed by atoms with Gasteiger partial charge in [-0.2, -0.15) is 0 Å². The summed E-state index contributed by atoms with van der Waals surface area (Å²) < 4.78 is 5.86. The fraction of sp³-hybridized carbons (Fsp3) is 0.625. The van der Waals surface area contributed by atoms with Crippen molar-refractivity contribution in [2.45, 2.75) is 47.0 Å². The Morgan fingerprint density at radius 1 is 1.22 bits per heavy atom. The van der Waals surface area contributed by atoms with Gasteiger partial charge in [0.05, 0.1) is 12.3 Å². The van der Waals surface area contributed by atoms with Crippen molar-refractivity contribution in [2.24, 2.45) is 5.92 Å². The van der Waals surface area contributed by atoms with Gasteiger partial charge in [0.15, 0.2) is 0 Å². The lowest BCUT2D eigenvalue weighted by Gasteiger charge is -2.22. The molecule has 1 aromatic carbocycles. The molecule has 0 radical (unpaired) electrons. The molecule has 0 aliphatic carbocycles. The first kappa shape index (κ1) is 14.9. The molecule has 1 N–H and O–H groups in total. The van der Waals surface area contributed by atoms with Gasteiger partial charge in [-0.15, -0.1) is 0 Å². The maximum absolute atomic E-state index is 5.86. The highest BCUT2D eigenvalue weighted by atomic mass is 16.5. The Morgan fingerprint density at radius 2 is 1.89 bits per heavy atom. The van der Waals surface area contributed by atoms with E-state index < -0.39 is 0 Å². The third kappa shape index (κ3) is 4.25. The first-order chi connectivity index (χ1) is 8.34. The molecule has 0 saturated heterocycles. The maximum Gasteiger partial charge on any atom is 0.142 e. The molecule has 0 aliphatic rings. The largest absolute Gasteiger partial charge is 0.491 e. The van der Waals surface area contributed by atoms with E-state index in [-0.39, 0.29) is 5.41 Å². The van der Waals surface area contributed by atoms with Crippen LogP contribution in [-0.2, 0) is 5.41 Å². The van der Waals surface area contributed by atoms with E-state index in [1.807, 2.05) is 0 Å². The summed E-state index contributed by atoms with van der Waals surface area (Å²) in [6.07, 6.45) is 0. The summed E-state index contributed by atoms with van der Waals surface area (Å²) >= 11 is 0. The molecule has 102 valence electrons. The Labute approximate surface area is 112 Å². The van der Waals surface area contributed by atoms with Crippen LogP contribution in [-0.4, -0.2) is 13.2 Å². The van der Waals surface area contributed by atoms with Crippen molar-refractivity contribution in [2.75, 3.05) is 18.5 Å². The summed E-state index contributed by atoms with van der Waals surface area (Å²) in [6.45, 7) is 14.8. The smallest absolute Gasteiger partial charge is 0.142 e. The number of nitrogens with one attached hydrogen (secondary N) is 1. The van der Waals surface area contributed by atoms with E-state index in [1.165, 1.54) is 5.56 Å². The third-order valence-corrected chi connectivity index (χ3v) is 2.78. The molecule has 0 aromatic heterocycles. The van der Waals surface area contributed by atoms with E-state index in [9.17, 15) is 0 Å². The molecular weight excluding hydrogens is 222 g/mol. The van der Waals surface area contributed by atoms with Crippen LogP contribution in [0, 0.1) is 5.92 Å². The van der Waals surface area contributed by atoms with Crippen molar-refractivity contribution in [3.63, 3.8) is 0 Å². The van der Waals surface area contributed by atoms with Gasteiger partial charge in [-0.1, -0.05) is 40.7 Å². The van der Waals surface area contributed by atoms with Crippen molar-refractivity contribution in [1.29, 1.82) is 0 Å². The van der Waals surface area contributed by atoms with Crippen molar-refractivity contribution in [3.05, 3.63) is 23.8 Å². The average molecular weight is 249 g/mol. The van der Waals surface area contributed by atoms with Crippen molar-refractivity contribution < 1.29 is 4.74 Å². The minimum atomic E-state index is 0.167. The lowest BCUT2D eigenvalue weighted by Crippen LogP contribution is -2.13. The molecule has 2 nitrogen and oxygen atoms in total. The van der Waals surface area contributed by atoms with Crippen LogP contribution in [0.4, 0.5) is 5.69 Å². The normalized spacial score (nSPS) is 11.7. The summed E-state index contributed by atoms with van der Waals surface area (Å²) in [6, 6.07) is 6.45. The molecule has 18 heavy (non-hydrogen) atoms. The summed E-state index contributed by atoms with van der Waals surface area (Å²) in [5.74, 6) is 1.50. The van der Waals surface area contributed by atoms with E-state index in [1.54, 1.807) is 0 Å². The van der Waals surface area contributed by atoms with Gasteiger partial charge >= 0.3 is 0 Å². The van der Waals surface area contributed by atoms with E-state index in [0.717, 1.165) is 24.6 Å². The number of anilines is 1. The van der Waals surface area contributed by atoms with Crippen LogP contribution in [0.15, 0.2) is 18.2 Å². The predicted octanol–water partition coefficient (Wildman–Crippen LogP) is 4.45. The first-order valence-electron chi connectivity index (χ1n) is 6.85. The molecule has 0 saturated carbocycles. The number of hydrogen-bond donors (Lipinski definition) is 1. The maximum atomic E-state index is 5.86. The Kier molecular flexibility index (Phi) is 5.06. The van der Waals surface area contributed by atoms with Gasteiger partial charge in [0.1, 0.15) is 5.75 Å². The quantitative estimate of drug-likeness (QED) is 0.832. The second kappa shape index (κ2) is 6.12. The predicted molar refractivity (Wildman–Crippen MR) is 79.6 cm³/mol. The van der Waals surface area contributed by atoms with Crippen LogP contribution in [0.2, 0.25) is 0 Å². The van der Waals surface area contributed by atoms with Gasteiger partial charge in [0.2, 0.25) is 0 Å². The summed E-state index contributed by atoms with van der Waals surface area (Å²) in [4.78, 5) is 0. The summed E-state index contributed by atoms with van der Waals surface area (Å²) in [5, 5.41) is 3.39. The number of ether oxygens (including phenoxy) is 1. The van der Waals surface area contributed by atoms with Crippen LogP contribution in [0.5, 0.6) is 5.75 Å². The Morgan fingerprint density at radius 3 is 2.39 bits per heavy atom. The molecule has 2 heteroatoms. The molecule has 0 unspecified atom stereocenters. The van der Waals surface area contributed by atoms with Gasteiger partial charge in [0, 0.05) is 6.54 Å². The molecule has 0 heterocycles. The van der Waals surface area contributed by atoms with Crippen LogP contribution in [0.3, 0.4) is 0 Å². The molecule has 0 bridgehead atoms. The number of hydrogen-bond acceptors (Lipinski definition) is 2. The zero-order valence-corrected chi connectivity index (χ0v) is 12.6. The first-order valence-corrected chi connectivity index (χ1v) is 6.85. The van der Waals surface area contributed by atoms with Crippen LogP contribution >= 0.6 is 0 Å². The SMILES string of the molecule is CCNc1cc(C(C)(C)C)ccc1OCC(C)C. The lowest BCUT2D eigenvalue weighted by molar-refractivity contribution is 0.272. The standard InChI is InChI=1S/C16H27NO/c1-7-17-14-10-13(16(4,5)6)8-9-15(14)18-11-12(2)3/h8-10,12,17H,7,11H2,1-6H3. The second-order valence-electron chi connectivity index (χ2n) is 6.20. The molecule has 0 spiro atoms. The van der Waals surface area contributed by atoms with Crippen molar-refractivity contribution >= 4 is 5.69 Å². The summed E-state index contributed by atoms with van der Waals surface area (Å²) in [5.41, 5.74) is 2.60. The van der Waals surface area contributed by atoms with Gasteiger partial charge in [0.25, 0.3) is 0 Å². The van der Waals surface area contributed by atoms with Crippen LogP contribution in [0.25, 0.3) is 0 Å². The molecule has 0 amide bonds. The monoisotopic (exact) mass is 249 g/mol. The highest BCUT2D eigenvalue weighted by Gasteiger charge is 2.16. The molecule has 1 aromatic rings. The molecule has 1 rings (SSSR count). The van der Waals surface area contributed by atoms with Gasteiger partial charge in [-0.3, -0.25) is 0 Å². The number of rotatable bonds is 5. The zero-order valence-electron chi connectivity index (χ0n) is 12.6. The Bertz CT molecular complexity index is 377. The highest BCUT2D eigenvalue weighted by Crippen LogP contribution is 2.31. The van der Waals surface area contributed by atoms with Gasteiger partial charge in [-0.05, 0) is 36.0 Å². The third-order valence-electron chi connectivity index (χ3n) is 2.78. The lowest BCUT2D eigenvalue weighted by atomic mass is 9.87. The van der Waals surface area contributed by atoms with Crippen LogP contribution in [0.1, 0.15) is 47.1 Å². The Hall–Kier alpha value is -1.18. The van der Waals surface area contributed by atoms with Gasteiger partial charge in [-0.25, -0.2) is 0 Å². The fourth-order valence-corrected chi connectivity index (χ4v) is 1.71. The number of benzene rings is 1. The van der Waals surface area contributed by atoms with Gasteiger partial charge < -0.3 is 10.1 Å². The second-order valence-corrected chi connectivity index (χ2v) is 6.20. The van der Waals surface area contributed by atoms with E-state index in [0.29, 0.717) is 5.92 Å². The van der Waals surface area contributed by atoms with Crippen molar-refractivity contribution in [1.82, 2.24) is 0 Å². The topological polar surface area (TPSA) is 21.3 Å². The van der Waals surface area contributed by atoms with Crippen LogP contribution < -0.4 is 10.1 Å². The molecule has 0 fully saturated rings. The zero-order chi connectivity index (χ0) is 13.8. The van der Waals surface area contributed by atoms with E-state index in [2.05, 4.69) is 65.1 Å². The minimum Gasteiger partial charge on any atom is -0.491 e. The minimum absolute atomic E-state index is 0.167. The molecule has 0 aliphatic heterocycles.